The Kier molecular flexibility index (Phi) is 5.08. The van der Waals surface area contributed by atoms with E-state index in [-0.39, 0.29) is 39.5 Å². The van der Waals surface area contributed by atoms with Crippen molar-refractivity contribution < 1.29 is 18.7 Å². The van der Waals surface area contributed by atoms with Gasteiger partial charge in [-0.2, -0.15) is 0 Å². The van der Waals surface area contributed by atoms with Crippen molar-refractivity contribution in [2.75, 3.05) is 18.2 Å². The van der Waals surface area contributed by atoms with Crippen LogP contribution in [0, 0.1) is 5.82 Å². The molecule has 1 aromatic carbocycles. The highest BCUT2D eigenvalue weighted by Crippen LogP contribution is 2.35. The molecule has 0 unspecified atom stereocenters. The highest BCUT2D eigenvalue weighted by Gasteiger charge is 2.40. The lowest BCUT2D eigenvalue weighted by molar-refractivity contribution is -0.121. The summed E-state index contributed by atoms with van der Waals surface area (Å²) in [5.74, 6) is -1.06. The number of amidine groups is 1. The van der Waals surface area contributed by atoms with Crippen LogP contribution in [0.5, 0.6) is 5.88 Å². The van der Waals surface area contributed by atoms with Crippen molar-refractivity contribution in [1.29, 1.82) is 0 Å². The third-order valence-corrected chi connectivity index (χ3v) is 4.84. The van der Waals surface area contributed by atoms with Crippen LogP contribution in [0.15, 0.2) is 35.6 Å². The fourth-order valence-electron chi connectivity index (χ4n) is 2.52. The summed E-state index contributed by atoms with van der Waals surface area (Å²) in [6.07, 6.45) is 2.56. The van der Waals surface area contributed by atoms with Gasteiger partial charge in [0.15, 0.2) is 11.0 Å². The second-order valence-corrected chi connectivity index (χ2v) is 6.82. The van der Waals surface area contributed by atoms with Gasteiger partial charge in [-0.25, -0.2) is 19.4 Å². The van der Waals surface area contributed by atoms with Gasteiger partial charge < -0.3 is 15.8 Å². The molecule has 10 heteroatoms. The zero-order valence-electron chi connectivity index (χ0n) is 14.5. The van der Waals surface area contributed by atoms with E-state index in [9.17, 15) is 14.0 Å². The summed E-state index contributed by atoms with van der Waals surface area (Å²) in [6, 6.07) is 3.91. The van der Waals surface area contributed by atoms with Gasteiger partial charge in [-0.15, -0.1) is 0 Å². The maximum atomic E-state index is 14.4. The molecule has 0 bridgehead atoms. The number of carbonyl (C=O) groups excluding carboxylic acids is 2. The third kappa shape index (κ3) is 3.75. The molecule has 140 valence electrons. The molecule has 1 aromatic heterocycles. The largest absolute Gasteiger partial charge is 0.480 e. The Balaban J connectivity index is 1.90. The van der Waals surface area contributed by atoms with Gasteiger partial charge in [0.25, 0.3) is 5.91 Å². The lowest BCUT2D eigenvalue weighted by Gasteiger charge is -2.28. The van der Waals surface area contributed by atoms with Crippen LogP contribution in [0.3, 0.4) is 0 Å². The maximum Gasteiger partial charge on any atom is 0.275 e. The number of amides is 1. The van der Waals surface area contributed by atoms with Gasteiger partial charge in [0.05, 0.1) is 25.3 Å². The van der Waals surface area contributed by atoms with E-state index in [1.54, 1.807) is 0 Å². The Hall–Kier alpha value is -3.01. The van der Waals surface area contributed by atoms with Crippen molar-refractivity contribution in [2.24, 2.45) is 10.7 Å². The van der Waals surface area contributed by atoms with Crippen molar-refractivity contribution in [3.8, 4) is 5.88 Å². The first-order valence-corrected chi connectivity index (χ1v) is 8.81. The number of aliphatic imine (C=N–C) groups is 1. The third-order valence-electron chi connectivity index (χ3n) is 4.05. The number of hydrogen-bond acceptors (Lipinski definition) is 8. The van der Waals surface area contributed by atoms with Crippen molar-refractivity contribution in [3.63, 3.8) is 0 Å². The van der Waals surface area contributed by atoms with E-state index in [0.29, 0.717) is 0 Å². The monoisotopic (exact) mass is 389 g/mol. The van der Waals surface area contributed by atoms with Gasteiger partial charge in [-0.1, -0.05) is 11.8 Å². The number of carbonyl (C=O) groups is 2. The number of nitrogens with zero attached hydrogens (tertiary/aromatic N) is 3. The molecule has 3 N–H and O–H groups in total. The van der Waals surface area contributed by atoms with Crippen molar-refractivity contribution >= 4 is 34.3 Å². The molecule has 0 saturated carbocycles. The fraction of sp³-hybridized carbons (Fsp3) is 0.235. The first-order valence-electron chi connectivity index (χ1n) is 7.82. The Morgan fingerprint density at radius 3 is 2.81 bits per heavy atom. The average molecular weight is 389 g/mol. The molecular formula is C17H16FN5O3S. The molecule has 1 atom stereocenters. The number of benzene rings is 1. The summed E-state index contributed by atoms with van der Waals surface area (Å²) in [5.41, 5.74) is 4.66. The second kappa shape index (κ2) is 7.31. The smallest absolute Gasteiger partial charge is 0.275 e. The van der Waals surface area contributed by atoms with Crippen LogP contribution >= 0.6 is 11.8 Å². The number of Topliss-reactive ketones (excluding diaryl/α,β-unsaturated/α-hetero) is 1. The minimum atomic E-state index is -1.44. The number of aromatic nitrogens is 2. The summed E-state index contributed by atoms with van der Waals surface area (Å²) in [7, 11) is 1.44. The molecule has 0 fully saturated rings. The fourth-order valence-corrected chi connectivity index (χ4v) is 3.32. The molecule has 2 aromatic rings. The molecule has 8 nitrogen and oxygen atoms in total. The number of nitrogens with one attached hydrogen (secondary N) is 1. The van der Waals surface area contributed by atoms with Gasteiger partial charge in [0, 0.05) is 11.3 Å². The number of halogens is 1. The van der Waals surface area contributed by atoms with E-state index in [2.05, 4.69) is 20.3 Å². The van der Waals surface area contributed by atoms with Crippen LogP contribution in [0.4, 0.5) is 10.1 Å². The zero-order valence-corrected chi connectivity index (χ0v) is 15.3. The van der Waals surface area contributed by atoms with E-state index in [0.717, 1.165) is 17.8 Å². The van der Waals surface area contributed by atoms with Crippen LogP contribution in [-0.4, -0.2) is 39.7 Å². The first-order chi connectivity index (χ1) is 12.8. The number of anilines is 1. The van der Waals surface area contributed by atoms with Crippen LogP contribution in [-0.2, 0) is 10.3 Å². The predicted octanol–water partition coefficient (Wildman–Crippen LogP) is 1.72. The number of thioether (sulfide) groups is 1. The minimum Gasteiger partial charge on any atom is -0.480 e. The summed E-state index contributed by atoms with van der Waals surface area (Å²) in [4.78, 5) is 36.7. The van der Waals surface area contributed by atoms with Crippen LogP contribution in [0.1, 0.15) is 23.0 Å². The molecule has 27 heavy (non-hydrogen) atoms. The zero-order chi connectivity index (χ0) is 19.6. The molecule has 0 radical (unpaired) electrons. The second-order valence-electron chi connectivity index (χ2n) is 5.83. The Labute approximate surface area is 158 Å². The van der Waals surface area contributed by atoms with Crippen molar-refractivity contribution in [2.45, 2.75) is 12.5 Å². The lowest BCUT2D eigenvalue weighted by atomic mass is 9.88. The minimum absolute atomic E-state index is 0.0364. The van der Waals surface area contributed by atoms with E-state index in [4.69, 9.17) is 10.5 Å². The molecule has 1 amide bonds. The van der Waals surface area contributed by atoms with Crippen LogP contribution in [0.2, 0.25) is 0 Å². The molecule has 2 heterocycles. The van der Waals surface area contributed by atoms with Gasteiger partial charge in [0.1, 0.15) is 17.1 Å². The van der Waals surface area contributed by atoms with Gasteiger partial charge in [-0.05, 0) is 25.1 Å². The quantitative estimate of drug-likeness (QED) is 0.817. The molecule has 0 aliphatic carbocycles. The lowest BCUT2D eigenvalue weighted by Crippen LogP contribution is -2.39. The van der Waals surface area contributed by atoms with Crippen LogP contribution < -0.4 is 15.8 Å². The van der Waals surface area contributed by atoms with Crippen LogP contribution in [0.25, 0.3) is 0 Å². The van der Waals surface area contributed by atoms with Gasteiger partial charge in [0.2, 0.25) is 5.88 Å². The summed E-state index contributed by atoms with van der Waals surface area (Å²) in [5, 5.41) is 2.81. The van der Waals surface area contributed by atoms with E-state index >= 15 is 0 Å². The summed E-state index contributed by atoms with van der Waals surface area (Å²) < 4.78 is 19.3. The Morgan fingerprint density at radius 2 is 2.15 bits per heavy atom. The van der Waals surface area contributed by atoms with E-state index < -0.39 is 17.3 Å². The highest BCUT2D eigenvalue weighted by molar-refractivity contribution is 8.14. The van der Waals surface area contributed by atoms with E-state index in [1.807, 2.05) is 0 Å². The molecule has 1 aliphatic rings. The number of ketones is 1. The Morgan fingerprint density at radius 1 is 1.37 bits per heavy atom. The number of hydrogen-bond donors (Lipinski definition) is 2. The van der Waals surface area contributed by atoms with Gasteiger partial charge >= 0.3 is 0 Å². The molecule has 1 aliphatic heterocycles. The number of nitrogens with two attached hydrogens (primary N) is 1. The molecule has 0 spiro atoms. The van der Waals surface area contributed by atoms with Crippen molar-refractivity contribution in [1.82, 2.24) is 9.97 Å². The normalized spacial score (nSPS) is 19.4. The summed E-state index contributed by atoms with van der Waals surface area (Å²) >= 11 is 1.10. The van der Waals surface area contributed by atoms with Gasteiger partial charge in [-0.3, -0.25) is 9.59 Å². The molecule has 0 saturated heterocycles. The standard InChI is InChI=1S/C17H16FN5O3S/c1-17(13(24)8-27-16(19)23-17)10-5-9(3-4-11(10)18)22-15(25)12-6-21-14(26-2)7-20-12/h3-7H,8H2,1-2H3,(H2,19,23)(H,22,25)/t17-/m1/s1. The Bertz CT molecular complexity index is 935. The molecular weight excluding hydrogens is 373 g/mol. The topological polar surface area (TPSA) is 120 Å². The molecule has 3 rings (SSSR count). The maximum absolute atomic E-state index is 14.4. The number of rotatable bonds is 4. The SMILES string of the molecule is COc1cnc(C(=O)Nc2ccc(F)c([C@@]3(C)N=C(N)SCC3=O)c2)cn1. The number of methoxy groups -OCH3 is 1. The number of ether oxygens (including phenoxy) is 1. The predicted molar refractivity (Wildman–Crippen MR) is 99.4 cm³/mol. The summed E-state index contributed by atoms with van der Waals surface area (Å²) in [6.45, 7) is 1.50. The highest BCUT2D eigenvalue weighted by atomic mass is 32.2. The average Bonchev–Trinajstić information content (AvgIpc) is 2.66. The van der Waals surface area contributed by atoms with E-state index in [1.165, 1.54) is 38.6 Å². The van der Waals surface area contributed by atoms with Crippen molar-refractivity contribution in [3.05, 3.63) is 47.7 Å². The first kappa shape index (κ1) is 18.8.